The molecule has 0 fully saturated rings. The zero-order valence-corrected chi connectivity index (χ0v) is 38.4. The topological polar surface area (TPSA) is 209 Å². The minimum absolute atomic E-state index is 0.109. The predicted octanol–water partition coefficient (Wildman–Crippen LogP) is 13.2. The molecule has 358 valence electrons. The molecule has 0 saturated heterocycles. The molecular weight excluding hydrogens is 909 g/mol. The van der Waals surface area contributed by atoms with Crippen molar-refractivity contribution >= 4 is 39.6 Å². The van der Waals surface area contributed by atoms with Gasteiger partial charge < -0.3 is 60.9 Å². The summed E-state index contributed by atoms with van der Waals surface area (Å²) in [6, 6.07) is 49.6. The third-order valence-electron chi connectivity index (χ3n) is 13.3. The van der Waals surface area contributed by atoms with Gasteiger partial charge in [-0.3, -0.25) is 0 Å². The minimum Gasteiger partial charge on any atom is -0.503 e. The Morgan fingerprint density at radius 3 is 1.10 bits per heavy atom. The molecule has 0 aliphatic heterocycles. The molecule has 0 aromatic heterocycles. The van der Waals surface area contributed by atoms with Crippen LogP contribution in [-0.4, -0.2) is 57.1 Å². The Balaban J connectivity index is 0.853. The number of nitrogens with zero attached hydrogens (tertiary/aromatic N) is 2. The number of benzene rings is 8. The van der Waals surface area contributed by atoms with Gasteiger partial charge in [0.1, 0.15) is 11.4 Å². The van der Waals surface area contributed by atoms with Crippen molar-refractivity contribution in [2.75, 3.05) is 9.80 Å². The fraction of sp³-hybridized carbons (Fsp3) is 0.0667. The Kier molecular flexibility index (Phi) is 12.2. The highest BCUT2D eigenvalue weighted by Crippen LogP contribution is 2.59. The molecule has 0 spiro atoms. The molecule has 10 rings (SSSR count). The zero-order valence-electron chi connectivity index (χ0n) is 38.4. The normalized spacial score (nSPS) is 15.2. The molecule has 0 saturated carbocycles. The van der Waals surface area contributed by atoms with Gasteiger partial charge in [0.25, 0.3) is 0 Å². The van der Waals surface area contributed by atoms with E-state index in [-0.39, 0.29) is 17.3 Å². The number of phenols is 10. The van der Waals surface area contributed by atoms with Gasteiger partial charge in [0.05, 0.1) is 6.04 Å². The fourth-order valence-corrected chi connectivity index (χ4v) is 9.38. The van der Waals surface area contributed by atoms with Gasteiger partial charge in [-0.25, -0.2) is 0 Å². The van der Waals surface area contributed by atoms with Gasteiger partial charge in [-0.05, 0) is 99.3 Å². The molecule has 8 aromatic rings. The molecule has 12 nitrogen and oxygen atoms in total. The molecule has 72 heavy (non-hydrogen) atoms. The van der Waals surface area contributed by atoms with Crippen LogP contribution in [0.15, 0.2) is 194 Å². The molecule has 8 aromatic carbocycles. The highest BCUT2D eigenvalue weighted by molar-refractivity contribution is 5.91. The van der Waals surface area contributed by atoms with Crippen LogP contribution >= 0.6 is 0 Å². The van der Waals surface area contributed by atoms with Gasteiger partial charge in [-0.1, -0.05) is 158 Å². The lowest BCUT2D eigenvalue weighted by Gasteiger charge is -2.34. The molecule has 0 radical (unpaired) electrons. The van der Waals surface area contributed by atoms with Crippen LogP contribution in [-0.2, 0) is 0 Å². The fourth-order valence-electron chi connectivity index (χ4n) is 9.38. The summed E-state index contributed by atoms with van der Waals surface area (Å²) in [6.07, 6.45) is 13.5. The largest absolute Gasteiger partial charge is 0.503 e. The number of rotatable bonds is 11. The number of allylic oxidation sites excluding steroid dienone is 6. The maximum absolute atomic E-state index is 11.1. The van der Waals surface area contributed by atoms with Gasteiger partial charge in [-0.2, -0.15) is 0 Å². The van der Waals surface area contributed by atoms with E-state index in [1.54, 1.807) is 29.2 Å². The number of hydrogen-bond donors (Lipinski definition) is 10. The molecule has 2 atom stereocenters. The first kappa shape index (κ1) is 46.1. The second kappa shape index (κ2) is 19.0. The minimum atomic E-state index is -1.04. The highest BCUT2D eigenvalue weighted by atomic mass is 16.4. The average molecular weight is 957 g/mol. The van der Waals surface area contributed by atoms with Crippen LogP contribution in [0.25, 0.3) is 33.4 Å². The molecule has 2 aliphatic carbocycles. The summed E-state index contributed by atoms with van der Waals surface area (Å²) in [6.45, 7) is 0. The van der Waals surface area contributed by atoms with Crippen molar-refractivity contribution in [3.05, 3.63) is 211 Å². The summed E-state index contributed by atoms with van der Waals surface area (Å²) in [7, 11) is 0. The standard InChI is InChI=1S/C60H48N2O10/c63-51-49(52(64)56(68)59(71)55(51)67)61(45-27-19-41(20-28-45)35-7-3-1-4-8-35)47-31-23-43(24-32-47)39-15-11-37(12-16-39)38-13-17-40(18-14-38)44-25-33-48(34-26-44)62(50-53(65)57(69)60(72)58(70)54(50)66)46-29-21-42(22-30-46)36-9-5-2-6-10-36/h1-13,15-31,33-34,38,47,63-72H,14,32H2. The van der Waals surface area contributed by atoms with E-state index < -0.39 is 63.5 Å². The lowest BCUT2D eigenvalue weighted by atomic mass is 9.87. The van der Waals surface area contributed by atoms with Crippen molar-refractivity contribution in [2.45, 2.75) is 24.8 Å². The Labute approximate surface area is 414 Å². The van der Waals surface area contributed by atoms with Crippen molar-refractivity contribution in [3.8, 4) is 79.7 Å². The first-order chi connectivity index (χ1) is 34.9. The van der Waals surface area contributed by atoms with E-state index in [1.807, 2.05) is 127 Å². The van der Waals surface area contributed by atoms with Gasteiger partial charge >= 0.3 is 0 Å². The number of phenolic OH excluding ortho intramolecular Hbond substituents is 10. The van der Waals surface area contributed by atoms with Gasteiger partial charge in [-0.15, -0.1) is 0 Å². The first-order valence-electron chi connectivity index (χ1n) is 23.1. The lowest BCUT2D eigenvalue weighted by Crippen LogP contribution is -2.30. The highest BCUT2D eigenvalue weighted by Gasteiger charge is 2.33. The van der Waals surface area contributed by atoms with E-state index in [1.165, 1.54) is 4.90 Å². The van der Waals surface area contributed by atoms with Gasteiger partial charge in [0.15, 0.2) is 23.0 Å². The maximum atomic E-state index is 11.1. The summed E-state index contributed by atoms with van der Waals surface area (Å²) in [5.74, 6) is -9.03. The van der Waals surface area contributed by atoms with Crippen LogP contribution in [0, 0.1) is 0 Å². The zero-order chi connectivity index (χ0) is 50.2. The van der Waals surface area contributed by atoms with Gasteiger partial charge in [0, 0.05) is 23.0 Å². The van der Waals surface area contributed by atoms with E-state index in [9.17, 15) is 51.1 Å². The lowest BCUT2D eigenvalue weighted by molar-refractivity contribution is 0.329. The summed E-state index contributed by atoms with van der Waals surface area (Å²) >= 11 is 0. The third kappa shape index (κ3) is 8.47. The van der Waals surface area contributed by atoms with E-state index in [0.29, 0.717) is 23.5 Å². The third-order valence-corrected chi connectivity index (χ3v) is 13.3. The monoisotopic (exact) mass is 956 g/mol. The van der Waals surface area contributed by atoms with Crippen molar-refractivity contribution in [3.63, 3.8) is 0 Å². The first-order valence-corrected chi connectivity index (χ1v) is 23.1. The SMILES string of the molecule is Oc1c(O)c(O)c(N(c2ccc(C3=CCC(c4ccc(C5=CCC(N(c6ccc(-c7ccccc7)cc6)c6c(O)c(O)c(O)c(O)c6O)C=C5)cc4)C=C3)cc2)c2ccc(-c3ccccc3)cc2)c(O)c1O. The van der Waals surface area contributed by atoms with E-state index in [0.717, 1.165) is 56.5 Å². The van der Waals surface area contributed by atoms with Crippen molar-refractivity contribution in [1.29, 1.82) is 0 Å². The number of hydrogen-bond acceptors (Lipinski definition) is 12. The van der Waals surface area contributed by atoms with Crippen LogP contribution < -0.4 is 9.80 Å². The average Bonchev–Trinajstić information content (AvgIpc) is 3.44. The summed E-state index contributed by atoms with van der Waals surface area (Å²) < 4.78 is 0. The summed E-state index contributed by atoms with van der Waals surface area (Å²) in [4.78, 5) is 3.10. The smallest absolute Gasteiger partial charge is 0.208 e. The maximum Gasteiger partial charge on any atom is 0.208 e. The Morgan fingerprint density at radius 2 is 0.681 bits per heavy atom. The van der Waals surface area contributed by atoms with E-state index in [4.69, 9.17) is 0 Å². The molecule has 0 heterocycles. The summed E-state index contributed by atoms with van der Waals surface area (Å²) in [5, 5.41) is 107. The van der Waals surface area contributed by atoms with Gasteiger partial charge in [0.2, 0.25) is 34.5 Å². The van der Waals surface area contributed by atoms with E-state index in [2.05, 4.69) is 42.5 Å². The molecule has 10 N–H and O–H groups in total. The molecule has 12 heteroatoms. The quantitative estimate of drug-likeness (QED) is 0.0434. The Hall–Kier alpha value is -9.68. The number of anilines is 5. The van der Waals surface area contributed by atoms with Crippen LogP contribution in [0.4, 0.5) is 28.4 Å². The Morgan fingerprint density at radius 1 is 0.319 bits per heavy atom. The van der Waals surface area contributed by atoms with Crippen molar-refractivity contribution in [2.24, 2.45) is 0 Å². The second-order valence-corrected chi connectivity index (χ2v) is 17.6. The molecule has 0 bridgehead atoms. The Bertz CT molecular complexity index is 3390. The van der Waals surface area contributed by atoms with Crippen LogP contribution in [0.2, 0.25) is 0 Å². The summed E-state index contributed by atoms with van der Waals surface area (Å²) in [5.41, 5.74) is 9.77. The number of aromatic hydroxyl groups is 10. The van der Waals surface area contributed by atoms with Crippen molar-refractivity contribution in [1.82, 2.24) is 0 Å². The van der Waals surface area contributed by atoms with E-state index >= 15 is 0 Å². The predicted molar refractivity (Wildman–Crippen MR) is 280 cm³/mol. The van der Waals surface area contributed by atoms with Crippen LogP contribution in [0.1, 0.15) is 35.4 Å². The molecule has 0 amide bonds. The van der Waals surface area contributed by atoms with Crippen molar-refractivity contribution < 1.29 is 51.1 Å². The second-order valence-electron chi connectivity index (χ2n) is 17.6. The van der Waals surface area contributed by atoms with Crippen LogP contribution in [0.5, 0.6) is 57.5 Å². The molecule has 2 aliphatic rings. The molecular formula is C60H48N2O10. The van der Waals surface area contributed by atoms with Crippen LogP contribution in [0.3, 0.4) is 0 Å². The molecule has 2 unspecified atom stereocenters.